The Bertz CT molecular complexity index is 635. The zero-order valence-corrected chi connectivity index (χ0v) is 15.9. The van der Waals surface area contributed by atoms with Gasteiger partial charge in [-0.1, -0.05) is 31.7 Å². The highest BCUT2D eigenvalue weighted by atomic mass is 16.7. The van der Waals surface area contributed by atoms with Gasteiger partial charge in [0.05, 0.1) is 19.8 Å². The van der Waals surface area contributed by atoms with Gasteiger partial charge in [-0.15, -0.1) is 0 Å². The molecular weight excluding hydrogens is 346 g/mol. The fraction of sp³-hybridized carbons (Fsp3) is 0.667. The lowest BCUT2D eigenvalue weighted by atomic mass is 9.98. The van der Waals surface area contributed by atoms with Crippen molar-refractivity contribution in [3.05, 3.63) is 23.8 Å². The van der Waals surface area contributed by atoms with Gasteiger partial charge in [0.15, 0.2) is 17.8 Å². The van der Waals surface area contributed by atoms with Crippen molar-refractivity contribution in [1.82, 2.24) is 4.90 Å². The maximum Gasteiger partial charge on any atom is 0.226 e. The molecule has 6 nitrogen and oxygen atoms in total. The summed E-state index contributed by atoms with van der Waals surface area (Å²) >= 11 is 0. The van der Waals surface area contributed by atoms with Crippen LogP contribution in [0, 0.1) is 5.92 Å². The second-order valence-corrected chi connectivity index (χ2v) is 7.56. The van der Waals surface area contributed by atoms with E-state index in [0.29, 0.717) is 39.5 Å². The predicted molar refractivity (Wildman–Crippen MR) is 99.7 cm³/mol. The van der Waals surface area contributed by atoms with Crippen LogP contribution in [0.2, 0.25) is 0 Å². The summed E-state index contributed by atoms with van der Waals surface area (Å²) in [6.45, 7) is 3.35. The van der Waals surface area contributed by atoms with Crippen LogP contribution >= 0.6 is 0 Å². The molecule has 0 unspecified atom stereocenters. The van der Waals surface area contributed by atoms with Crippen molar-refractivity contribution < 1.29 is 23.7 Å². The molecule has 0 N–H and O–H groups in total. The SMILES string of the molecule is O=C(C1CCCCCC1)N(Cc1ccc2c(c1)OCCO2)CC1OCCO1. The van der Waals surface area contributed by atoms with E-state index < -0.39 is 0 Å². The normalized spacial score (nSPS) is 21.0. The molecule has 0 aromatic heterocycles. The minimum absolute atomic E-state index is 0.117. The van der Waals surface area contributed by atoms with Gasteiger partial charge < -0.3 is 23.8 Å². The molecule has 0 bridgehead atoms. The molecule has 1 aromatic carbocycles. The van der Waals surface area contributed by atoms with Crippen LogP contribution in [0.1, 0.15) is 44.1 Å². The molecule has 2 aliphatic heterocycles. The Labute approximate surface area is 160 Å². The number of hydrogen-bond acceptors (Lipinski definition) is 5. The van der Waals surface area contributed by atoms with Crippen LogP contribution in [0.5, 0.6) is 11.5 Å². The first-order valence-electron chi connectivity index (χ1n) is 10.2. The molecule has 1 amide bonds. The first-order valence-corrected chi connectivity index (χ1v) is 10.2. The molecule has 4 rings (SSSR count). The molecular formula is C21H29NO5. The molecule has 1 saturated carbocycles. The Balaban J connectivity index is 1.49. The Morgan fingerprint density at radius 3 is 2.37 bits per heavy atom. The van der Waals surface area contributed by atoms with E-state index in [1.165, 1.54) is 12.8 Å². The third-order valence-electron chi connectivity index (χ3n) is 5.56. The van der Waals surface area contributed by atoms with Crippen molar-refractivity contribution in [2.75, 3.05) is 33.0 Å². The molecule has 1 aromatic rings. The summed E-state index contributed by atoms with van der Waals surface area (Å²) in [4.78, 5) is 15.2. The third-order valence-corrected chi connectivity index (χ3v) is 5.56. The van der Waals surface area contributed by atoms with Crippen molar-refractivity contribution >= 4 is 5.91 Å². The van der Waals surface area contributed by atoms with Crippen LogP contribution in [-0.4, -0.2) is 50.1 Å². The van der Waals surface area contributed by atoms with Crippen LogP contribution < -0.4 is 9.47 Å². The number of carbonyl (C=O) groups excluding carboxylic acids is 1. The van der Waals surface area contributed by atoms with Crippen molar-refractivity contribution in [3.8, 4) is 11.5 Å². The van der Waals surface area contributed by atoms with Gasteiger partial charge in [0, 0.05) is 12.5 Å². The second-order valence-electron chi connectivity index (χ2n) is 7.56. The standard InChI is InChI=1S/C21H29NO5/c23-21(17-5-3-1-2-4-6-17)22(15-20-26-11-12-27-20)14-16-7-8-18-19(13-16)25-10-9-24-18/h7-8,13,17,20H,1-6,9-12,14-15H2. The zero-order chi connectivity index (χ0) is 18.5. The molecule has 2 fully saturated rings. The van der Waals surface area contributed by atoms with E-state index in [0.717, 1.165) is 42.7 Å². The number of amides is 1. The molecule has 148 valence electrons. The second kappa shape index (κ2) is 8.93. The summed E-state index contributed by atoms with van der Waals surface area (Å²) in [5.74, 6) is 1.88. The summed E-state index contributed by atoms with van der Waals surface area (Å²) in [6.07, 6.45) is 6.42. The zero-order valence-electron chi connectivity index (χ0n) is 15.9. The van der Waals surface area contributed by atoms with Crippen molar-refractivity contribution in [1.29, 1.82) is 0 Å². The average molecular weight is 375 g/mol. The molecule has 27 heavy (non-hydrogen) atoms. The highest BCUT2D eigenvalue weighted by molar-refractivity contribution is 5.79. The summed E-state index contributed by atoms with van der Waals surface area (Å²) < 4.78 is 22.5. The number of fused-ring (bicyclic) bond motifs is 1. The van der Waals surface area contributed by atoms with Gasteiger partial charge in [-0.25, -0.2) is 0 Å². The smallest absolute Gasteiger partial charge is 0.226 e. The maximum absolute atomic E-state index is 13.3. The van der Waals surface area contributed by atoms with Crippen LogP contribution in [0.25, 0.3) is 0 Å². The Hall–Kier alpha value is -1.79. The van der Waals surface area contributed by atoms with E-state index in [-0.39, 0.29) is 18.1 Å². The van der Waals surface area contributed by atoms with E-state index in [1.807, 2.05) is 23.1 Å². The van der Waals surface area contributed by atoms with Crippen LogP contribution in [-0.2, 0) is 20.8 Å². The van der Waals surface area contributed by atoms with Crippen LogP contribution in [0.4, 0.5) is 0 Å². The lowest BCUT2D eigenvalue weighted by molar-refractivity contribution is -0.143. The summed E-state index contributed by atoms with van der Waals surface area (Å²) in [7, 11) is 0. The fourth-order valence-electron chi connectivity index (χ4n) is 4.12. The summed E-state index contributed by atoms with van der Waals surface area (Å²) in [6, 6.07) is 5.93. The minimum atomic E-state index is -0.322. The minimum Gasteiger partial charge on any atom is -0.486 e. The Morgan fingerprint density at radius 2 is 1.63 bits per heavy atom. The van der Waals surface area contributed by atoms with Gasteiger partial charge in [-0.2, -0.15) is 0 Å². The molecule has 2 heterocycles. The number of benzene rings is 1. The van der Waals surface area contributed by atoms with E-state index in [9.17, 15) is 4.79 Å². The van der Waals surface area contributed by atoms with Gasteiger partial charge in [-0.05, 0) is 30.5 Å². The number of hydrogen-bond donors (Lipinski definition) is 0. The van der Waals surface area contributed by atoms with Gasteiger partial charge in [0.1, 0.15) is 13.2 Å². The first-order chi connectivity index (χ1) is 13.3. The Kier molecular flexibility index (Phi) is 6.14. The molecule has 0 radical (unpaired) electrons. The predicted octanol–water partition coefficient (Wildman–Crippen LogP) is 3.13. The fourth-order valence-corrected chi connectivity index (χ4v) is 4.12. The van der Waals surface area contributed by atoms with Gasteiger partial charge in [-0.3, -0.25) is 4.79 Å². The molecule has 6 heteroatoms. The van der Waals surface area contributed by atoms with Crippen molar-refractivity contribution in [3.63, 3.8) is 0 Å². The van der Waals surface area contributed by atoms with Crippen molar-refractivity contribution in [2.24, 2.45) is 5.92 Å². The Morgan fingerprint density at radius 1 is 0.926 bits per heavy atom. The number of carbonyl (C=O) groups is 1. The monoisotopic (exact) mass is 375 g/mol. The highest BCUT2D eigenvalue weighted by Gasteiger charge is 2.29. The van der Waals surface area contributed by atoms with Crippen LogP contribution in [0.3, 0.4) is 0 Å². The third kappa shape index (κ3) is 4.74. The summed E-state index contributed by atoms with van der Waals surface area (Å²) in [5, 5.41) is 0. The molecule has 1 aliphatic carbocycles. The van der Waals surface area contributed by atoms with E-state index in [4.69, 9.17) is 18.9 Å². The largest absolute Gasteiger partial charge is 0.486 e. The number of rotatable bonds is 5. The van der Waals surface area contributed by atoms with Crippen LogP contribution in [0.15, 0.2) is 18.2 Å². The molecule has 3 aliphatic rings. The number of ether oxygens (including phenoxy) is 4. The molecule has 1 saturated heterocycles. The first kappa shape index (κ1) is 18.6. The lowest BCUT2D eigenvalue weighted by Crippen LogP contribution is -2.41. The van der Waals surface area contributed by atoms with Gasteiger partial charge >= 0.3 is 0 Å². The van der Waals surface area contributed by atoms with Crippen molar-refractivity contribution in [2.45, 2.75) is 51.4 Å². The van der Waals surface area contributed by atoms with E-state index in [2.05, 4.69) is 0 Å². The van der Waals surface area contributed by atoms with E-state index >= 15 is 0 Å². The lowest BCUT2D eigenvalue weighted by Gasteiger charge is -2.29. The molecule has 0 atom stereocenters. The van der Waals surface area contributed by atoms with Gasteiger partial charge in [0.2, 0.25) is 5.91 Å². The highest BCUT2D eigenvalue weighted by Crippen LogP contribution is 2.32. The summed E-state index contributed by atoms with van der Waals surface area (Å²) in [5.41, 5.74) is 1.04. The maximum atomic E-state index is 13.3. The van der Waals surface area contributed by atoms with Gasteiger partial charge in [0.25, 0.3) is 0 Å². The molecule has 0 spiro atoms. The quantitative estimate of drug-likeness (QED) is 0.740. The topological polar surface area (TPSA) is 57.2 Å². The number of nitrogens with zero attached hydrogens (tertiary/aromatic N) is 1. The van der Waals surface area contributed by atoms with E-state index in [1.54, 1.807) is 0 Å². The average Bonchev–Trinajstić information content (AvgIpc) is 3.06.